The third-order valence-corrected chi connectivity index (χ3v) is 2.03. The number of carbonyl (C=O) groups excluding carboxylic acids is 2. The van der Waals surface area contributed by atoms with Gasteiger partial charge >= 0.3 is 18.0 Å². The van der Waals surface area contributed by atoms with Gasteiger partial charge in [0, 0.05) is 13.0 Å². The summed E-state index contributed by atoms with van der Waals surface area (Å²) in [4.78, 5) is 42.8. The van der Waals surface area contributed by atoms with Crippen LogP contribution in [0.4, 0.5) is 4.79 Å². The second-order valence-electron chi connectivity index (χ2n) is 3.74. The molecule has 3 amide bonds. The molecule has 0 rings (SSSR count). The number of carbonyl (C=O) groups is 4. The van der Waals surface area contributed by atoms with Gasteiger partial charge in [-0.05, 0) is 6.42 Å². The van der Waals surface area contributed by atoms with E-state index in [0.717, 1.165) is 0 Å². The van der Waals surface area contributed by atoms with Crippen LogP contribution in [0.1, 0.15) is 12.8 Å². The maximum atomic E-state index is 11.3. The molecule has 0 aromatic carbocycles. The fraction of sp³-hybridized carbons (Fsp3) is 0.600. The van der Waals surface area contributed by atoms with Crippen LogP contribution in [0.2, 0.25) is 0 Å². The highest BCUT2D eigenvalue weighted by Crippen LogP contribution is 1.97. The van der Waals surface area contributed by atoms with E-state index in [1.54, 1.807) is 0 Å². The molecule has 0 radical (unpaired) electrons. The smallest absolute Gasteiger partial charge is 0.326 e. The summed E-state index contributed by atoms with van der Waals surface area (Å²) in [6.45, 7) is -0.201. The van der Waals surface area contributed by atoms with Crippen molar-refractivity contribution in [3.63, 3.8) is 0 Å². The third kappa shape index (κ3) is 9.65. The first-order chi connectivity index (χ1) is 9.32. The zero-order chi connectivity index (χ0) is 15.5. The first kappa shape index (κ1) is 17.6. The second kappa shape index (κ2) is 9.55. The summed E-state index contributed by atoms with van der Waals surface area (Å²) in [7, 11) is 0. The van der Waals surface area contributed by atoms with E-state index in [9.17, 15) is 19.2 Å². The number of urea groups is 1. The number of nitrogens with two attached hydrogens (primary N) is 1. The van der Waals surface area contributed by atoms with Gasteiger partial charge in [0.15, 0.2) is 0 Å². The van der Waals surface area contributed by atoms with Gasteiger partial charge in [0.05, 0.1) is 6.61 Å². The normalized spacial score (nSPS) is 11.4. The van der Waals surface area contributed by atoms with Crippen LogP contribution < -0.4 is 16.4 Å². The van der Waals surface area contributed by atoms with Crippen molar-refractivity contribution in [1.82, 2.24) is 10.6 Å². The van der Waals surface area contributed by atoms with E-state index < -0.39 is 29.9 Å². The number of hydrogen-bond acceptors (Lipinski definition) is 5. The minimum atomic E-state index is -1.33. The lowest BCUT2D eigenvalue weighted by molar-refractivity contribution is -0.140. The van der Waals surface area contributed by atoms with Gasteiger partial charge in [-0.15, -0.1) is 0 Å². The Balaban J connectivity index is 3.92. The second-order valence-corrected chi connectivity index (χ2v) is 3.74. The van der Waals surface area contributed by atoms with Crippen molar-refractivity contribution >= 4 is 23.9 Å². The molecule has 0 aliphatic heterocycles. The third-order valence-electron chi connectivity index (χ3n) is 2.03. The molecule has 20 heavy (non-hydrogen) atoms. The van der Waals surface area contributed by atoms with Crippen LogP contribution in [0.3, 0.4) is 0 Å². The van der Waals surface area contributed by atoms with Gasteiger partial charge in [0.25, 0.3) is 0 Å². The van der Waals surface area contributed by atoms with E-state index in [1.165, 1.54) is 0 Å². The number of hydrogen-bond donors (Lipinski definition) is 5. The molecule has 0 fully saturated rings. The molecular formula is C10H17N3O7. The van der Waals surface area contributed by atoms with Crippen molar-refractivity contribution in [1.29, 1.82) is 0 Å². The SMILES string of the molecule is NC(=O)COCCNC(=O)NC(CCC(=O)O)C(=O)O. The van der Waals surface area contributed by atoms with Crippen LogP contribution in [-0.4, -0.2) is 59.9 Å². The van der Waals surface area contributed by atoms with E-state index >= 15 is 0 Å². The lowest BCUT2D eigenvalue weighted by Crippen LogP contribution is -2.47. The molecule has 10 nitrogen and oxygen atoms in total. The first-order valence-corrected chi connectivity index (χ1v) is 5.68. The highest BCUT2D eigenvalue weighted by molar-refractivity contribution is 5.83. The Morgan fingerprint density at radius 1 is 1.20 bits per heavy atom. The van der Waals surface area contributed by atoms with Crippen LogP contribution in [-0.2, 0) is 19.1 Å². The van der Waals surface area contributed by atoms with Crippen molar-refractivity contribution in [2.24, 2.45) is 5.73 Å². The van der Waals surface area contributed by atoms with Gasteiger partial charge in [0.1, 0.15) is 12.6 Å². The standard InChI is InChI=1S/C10H17N3O7/c11-7(14)5-20-4-3-12-10(19)13-6(9(17)18)1-2-8(15)16/h6H,1-5H2,(H2,11,14)(H,15,16)(H,17,18)(H2,12,13,19). The summed E-state index contributed by atoms with van der Waals surface area (Å²) in [5, 5.41) is 21.6. The predicted molar refractivity (Wildman–Crippen MR) is 64.8 cm³/mol. The van der Waals surface area contributed by atoms with Crippen molar-refractivity contribution in [3.05, 3.63) is 0 Å². The maximum Gasteiger partial charge on any atom is 0.326 e. The number of nitrogens with one attached hydrogen (secondary N) is 2. The number of amides is 3. The highest BCUT2D eigenvalue weighted by atomic mass is 16.5. The Labute approximate surface area is 114 Å². The van der Waals surface area contributed by atoms with Gasteiger partial charge in [-0.3, -0.25) is 9.59 Å². The summed E-state index contributed by atoms with van der Waals surface area (Å²) in [5.41, 5.74) is 4.81. The van der Waals surface area contributed by atoms with Gasteiger partial charge in [-0.25, -0.2) is 9.59 Å². The minimum Gasteiger partial charge on any atom is -0.481 e. The molecule has 0 aromatic rings. The number of aliphatic carboxylic acids is 2. The van der Waals surface area contributed by atoms with Crippen molar-refractivity contribution in [2.75, 3.05) is 19.8 Å². The topological polar surface area (TPSA) is 168 Å². The Bertz CT molecular complexity index is 372. The molecule has 10 heteroatoms. The summed E-state index contributed by atoms with van der Waals surface area (Å²) in [6, 6.07) is -2.07. The van der Waals surface area contributed by atoms with Crippen LogP contribution in [0, 0.1) is 0 Å². The molecule has 0 aliphatic rings. The molecule has 0 spiro atoms. The van der Waals surface area contributed by atoms with E-state index in [-0.39, 0.29) is 32.6 Å². The average molecular weight is 291 g/mol. The van der Waals surface area contributed by atoms with E-state index in [2.05, 4.69) is 10.6 Å². The lowest BCUT2D eigenvalue weighted by Gasteiger charge is -2.14. The van der Waals surface area contributed by atoms with Crippen molar-refractivity contribution in [3.8, 4) is 0 Å². The van der Waals surface area contributed by atoms with Gasteiger partial charge < -0.3 is 31.3 Å². The van der Waals surface area contributed by atoms with Gasteiger partial charge in [-0.2, -0.15) is 0 Å². The molecule has 0 saturated carbocycles. The minimum absolute atomic E-state index is 0.0310. The van der Waals surface area contributed by atoms with Crippen molar-refractivity contribution in [2.45, 2.75) is 18.9 Å². The zero-order valence-electron chi connectivity index (χ0n) is 10.6. The Hall–Kier alpha value is -2.36. The number of rotatable bonds is 10. The van der Waals surface area contributed by atoms with Gasteiger partial charge in [0.2, 0.25) is 5.91 Å². The molecule has 0 heterocycles. The van der Waals surface area contributed by atoms with Crippen molar-refractivity contribution < 1.29 is 34.1 Å². The molecule has 114 valence electrons. The summed E-state index contributed by atoms with van der Waals surface area (Å²) < 4.78 is 4.77. The molecular weight excluding hydrogens is 274 g/mol. The van der Waals surface area contributed by atoms with E-state index in [4.69, 9.17) is 20.7 Å². The first-order valence-electron chi connectivity index (χ1n) is 5.68. The quantitative estimate of drug-likeness (QED) is 0.293. The summed E-state index contributed by atoms with van der Waals surface area (Å²) in [6.07, 6.45) is -0.602. The molecule has 0 aromatic heterocycles. The maximum absolute atomic E-state index is 11.3. The van der Waals surface area contributed by atoms with Crippen LogP contribution in [0.5, 0.6) is 0 Å². The fourth-order valence-electron chi connectivity index (χ4n) is 1.14. The largest absolute Gasteiger partial charge is 0.481 e. The molecule has 6 N–H and O–H groups in total. The highest BCUT2D eigenvalue weighted by Gasteiger charge is 2.20. The number of carboxylic acid groups (broad SMARTS) is 2. The van der Waals surface area contributed by atoms with Gasteiger partial charge in [-0.1, -0.05) is 0 Å². The lowest BCUT2D eigenvalue weighted by atomic mass is 10.1. The summed E-state index contributed by atoms with van der Waals surface area (Å²) >= 11 is 0. The Kier molecular flexibility index (Phi) is 8.43. The van der Waals surface area contributed by atoms with Crippen LogP contribution in [0.25, 0.3) is 0 Å². The molecule has 1 atom stereocenters. The summed E-state index contributed by atoms with van der Waals surface area (Å²) in [5.74, 6) is -3.13. The van der Waals surface area contributed by atoms with E-state index in [0.29, 0.717) is 0 Å². The fourth-order valence-corrected chi connectivity index (χ4v) is 1.14. The Morgan fingerprint density at radius 3 is 2.35 bits per heavy atom. The Morgan fingerprint density at radius 2 is 1.85 bits per heavy atom. The molecule has 1 unspecified atom stereocenters. The average Bonchev–Trinajstić information content (AvgIpc) is 2.32. The molecule has 0 aliphatic carbocycles. The number of primary amides is 1. The van der Waals surface area contributed by atoms with Crippen LogP contribution in [0.15, 0.2) is 0 Å². The predicted octanol–water partition coefficient (Wildman–Crippen LogP) is -1.89. The number of carboxylic acids is 2. The van der Waals surface area contributed by atoms with Crippen LogP contribution >= 0.6 is 0 Å². The monoisotopic (exact) mass is 291 g/mol. The van der Waals surface area contributed by atoms with E-state index in [1.807, 2.05) is 0 Å². The molecule has 0 saturated heterocycles. The molecule has 0 bridgehead atoms. The zero-order valence-corrected chi connectivity index (χ0v) is 10.6. The number of ether oxygens (including phenoxy) is 1.